The van der Waals surface area contributed by atoms with Gasteiger partial charge in [0.25, 0.3) is 0 Å². The molecule has 0 aromatic carbocycles. The van der Waals surface area contributed by atoms with E-state index in [9.17, 15) is 9.59 Å². The monoisotopic (exact) mass is 547 g/mol. The van der Waals surface area contributed by atoms with Gasteiger partial charge in [-0.25, -0.2) is 4.79 Å². The van der Waals surface area contributed by atoms with Crippen LogP contribution in [0.2, 0.25) is 0 Å². The van der Waals surface area contributed by atoms with Crippen molar-refractivity contribution in [1.82, 2.24) is 15.1 Å². The minimum atomic E-state index is -0.355. The molecule has 1 spiro atoms. The van der Waals surface area contributed by atoms with E-state index in [4.69, 9.17) is 23.7 Å². The maximum Gasteiger partial charge on any atom is 0.410 e. The van der Waals surface area contributed by atoms with Gasteiger partial charge >= 0.3 is 6.09 Å². The Hall–Kier alpha value is -1.72. The van der Waals surface area contributed by atoms with E-state index in [1.54, 1.807) is 12.0 Å². The molecule has 2 amide bonds. The topological polar surface area (TPSA) is 105 Å². The molecule has 218 valence electrons. The van der Waals surface area contributed by atoms with Gasteiger partial charge in [-0.15, -0.1) is 0 Å². The van der Waals surface area contributed by atoms with Crippen molar-refractivity contribution in [3.05, 3.63) is 11.6 Å². The van der Waals surface area contributed by atoms with Crippen LogP contribution < -0.4 is 5.32 Å². The third-order valence-corrected chi connectivity index (χ3v) is 10.1. The summed E-state index contributed by atoms with van der Waals surface area (Å²) in [6.07, 6.45) is 3.83. The zero-order chi connectivity index (χ0) is 27.4. The fourth-order valence-corrected chi connectivity index (χ4v) is 7.62. The van der Waals surface area contributed by atoms with Gasteiger partial charge in [0.2, 0.25) is 5.91 Å². The second-order valence-electron chi connectivity index (χ2n) is 12.8. The van der Waals surface area contributed by atoms with Crippen molar-refractivity contribution in [2.24, 2.45) is 23.7 Å². The predicted molar refractivity (Wildman–Crippen MR) is 142 cm³/mol. The number of morpholine rings is 1. The Morgan fingerprint density at radius 3 is 2.51 bits per heavy atom. The van der Waals surface area contributed by atoms with Crippen LogP contribution in [0.5, 0.6) is 0 Å². The molecule has 2 unspecified atom stereocenters. The molecule has 10 heteroatoms. The van der Waals surface area contributed by atoms with E-state index in [1.807, 2.05) is 0 Å². The van der Waals surface area contributed by atoms with Crippen molar-refractivity contribution in [3.63, 3.8) is 0 Å². The lowest BCUT2D eigenvalue weighted by molar-refractivity contribution is -0.124. The third-order valence-electron chi connectivity index (χ3n) is 10.1. The van der Waals surface area contributed by atoms with Gasteiger partial charge in [0.15, 0.2) is 0 Å². The molecule has 4 heterocycles. The number of nitrogens with one attached hydrogen (secondary N) is 1. The van der Waals surface area contributed by atoms with Crippen LogP contribution >= 0.6 is 0 Å². The lowest BCUT2D eigenvalue weighted by atomic mass is 9.68. The Labute approximate surface area is 231 Å². The van der Waals surface area contributed by atoms with Crippen molar-refractivity contribution in [2.75, 3.05) is 66.2 Å². The second kappa shape index (κ2) is 10.6. The number of rotatable bonds is 9. The molecule has 2 saturated carbocycles. The van der Waals surface area contributed by atoms with Crippen LogP contribution in [0.1, 0.15) is 40.0 Å². The molecule has 6 rings (SSSR count). The molecule has 0 bridgehead atoms. The predicted octanol–water partition coefficient (Wildman–Crippen LogP) is 1.83. The van der Waals surface area contributed by atoms with E-state index in [0.717, 1.165) is 45.7 Å². The number of piperidine rings is 1. The number of ether oxygens (including phenoxy) is 5. The average molecular weight is 548 g/mol. The van der Waals surface area contributed by atoms with Crippen LogP contribution in [-0.2, 0) is 28.5 Å². The summed E-state index contributed by atoms with van der Waals surface area (Å²) < 4.78 is 29.8. The molecular weight excluding hydrogens is 502 g/mol. The zero-order valence-corrected chi connectivity index (χ0v) is 23.9. The van der Waals surface area contributed by atoms with E-state index in [2.05, 4.69) is 37.1 Å². The van der Waals surface area contributed by atoms with Crippen molar-refractivity contribution < 1.29 is 33.3 Å². The van der Waals surface area contributed by atoms with Crippen LogP contribution in [0, 0.1) is 23.7 Å². The summed E-state index contributed by atoms with van der Waals surface area (Å²) in [4.78, 5) is 30.0. The van der Waals surface area contributed by atoms with Gasteiger partial charge in [-0.1, -0.05) is 11.6 Å². The van der Waals surface area contributed by atoms with Crippen LogP contribution in [0.15, 0.2) is 11.6 Å². The number of fused-ring (bicyclic) bond motifs is 1. The maximum atomic E-state index is 13.2. The number of likely N-dealkylation sites (tertiary alicyclic amines) is 1. The Balaban J connectivity index is 0.992. The number of amides is 2. The van der Waals surface area contributed by atoms with Crippen LogP contribution in [0.25, 0.3) is 0 Å². The van der Waals surface area contributed by atoms with Crippen molar-refractivity contribution >= 4 is 12.0 Å². The molecule has 4 saturated heterocycles. The molecular formula is C29H45N3O7. The highest BCUT2D eigenvalue weighted by molar-refractivity contribution is 5.83. The molecule has 9 atom stereocenters. The number of carbonyl (C=O) groups excluding carboxylic acids is 2. The molecule has 10 nitrogen and oxygen atoms in total. The highest BCUT2D eigenvalue weighted by Gasteiger charge is 2.72. The Morgan fingerprint density at radius 2 is 1.87 bits per heavy atom. The quantitative estimate of drug-likeness (QED) is 0.344. The van der Waals surface area contributed by atoms with Gasteiger partial charge in [0.1, 0.15) is 23.4 Å². The smallest absolute Gasteiger partial charge is 0.410 e. The minimum Gasteiger partial charge on any atom is -0.443 e. The van der Waals surface area contributed by atoms with Gasteiger partial charge in [0.05, 0.1) is 31.8 Å². The largest absolute Gasteiger partial charge is 0.443 e. The molecule has 0 aromatic rings. The number of hydrogen-bond acceptors (Lipinski definition) is 8. The van der Waals surface area contributed by atoms with Crippen LogP contribution in [0.3, 0.4) is 0 Å². The lowest BCUT2D eigenvalue weighted by Crippen LogP contribution is -2.56. The number of methoxy groups -OCH3 is 1. The molecule has 2 aliphatic carbocycles. The summed E-state index contributed by atoms with van der Waals surface area (Å²) in [6, 6.07) is 0. The summed E-state index contributed by atoms with van der Waals surface area (Å²) >= 11 is 0. The summed E-state index contributed by atoms with van der Waals surface area (Å²) in [5, 5.41) is 3.10. The van der Waals surface area contributed by atoms with E-state index >= 15 is 0 Å². The van der Waals surface area contributed by atoms with Gasteiger partial charge in [-0.2, -0.15) is 0 Å². The fourth-order valence-electron chi connectivity index (χ4n) is 7.62. The van der Waals surface area contributed by atoms with E-state index in [-0.39, 0.29) is 65.2 Å². The first kappa shape index (κ1) is 27.4. The van der Waals surface area contributed by atoms with Crippen molar-refractivity contribution in [3.8, 4) is 0 Å². The van der Waals surface area contributed by atoms with Crippen LogP contribution in [-0.4, -0.2) is 118 Å². The summed E-state index contributed by atoms with van der Waals surface area (Å²) in [5.41, 5.74) is 0.682. The van der Waals surface area contributed by atoms with E-state index in [1.165, 1.54) is 5.57 Å². The molecule has 6 aliphatic rings. The molecule has 4 aliphatic heterocycles. The van der Waals surface area contributed by atoms with Gasteiger partial charge in [-0.05, 0) is 51.9 Å². The number of carbonyl (C=O) groups is 2. The average Bonchev–Trinajstić information content (AvgIpc) is 3.88. The minimum absolute atomic E-state index is 0.00892. The lowest BCUT2D eigenvalue weighted by Gasteiger charge is -2.43. The maximum absolute atomic E-state index is 13.2. The first-order chi connectivity index (χ1) is 18.8. The first-order valence-electron chi connectivity index (χ1n) is 14.8. The standard InChI is InChI=1S/C29H45N3O7/c1-18(2)5-6-22-28(3,39-22)25-24(35-4)21(7-8-29(25)17-37-29)38-27(34)32-15-19-20(16-32)23(19)26(33)30-9-10-31-11-13-36-14-12-31/h5,19-25H,6-17H2,1-4H3,(H,30,33)/t19-,20+,21-,22-,23?,24-,25?,28+,29+/m1/s1. The highest BCUT2D eigenvalue weighted by Crippen LogP contribution is 2.60. The highest BCUT2D eigenvalue weighted by atomic mass is 16.6. The van der Waals surface area contributed by atoms with Gasteiger partial charge in [0, 0.05) is 52.3 Å². The first-order valence-corrected chi connectivity index (χ1v) is 14.8. The second-order valence-corrected chi connectivity index (χ2v) is 12.8. The molecule has 0 aromatic heterocycles. The number of epoxide rings is 2. The third kappa shape index (κ3) is 5.35. The molecule has 6 fully saturated rings. The van der Waals surface area contributed by atoms with E-state index in [0.29, 0.717) is 32.7 Å². The fraction of sp³-hybridized carbons (Fsp3) is 0.862. The molecule has 0 radical (unpaired) electrons. The van der Waals surface area contributed by atoms with Crippen LogP contribution in [0.4, 0.5) is 4.79 Å². The summed E-state index contributed by atoms with van der Waals surface area (Å²) in [7, 11) is 1.70. The Kier molecular flexibility index (Phi) is 7.46. The normalized spacial score (nSPS) is 42.6. The summed E-state index contributed by atoms with van der Waals surface area (Å²) in [6.45, 7) is 13.1. The summed E-state index contributed by atoms with van der Waals surface area (Å²) in [5.74, 6) is 0.610. The molecule has 1 N–H and O–H groups in total. The van der Waals surface area contributed by atoms with Gasteiger partial charge in [-0.3, -0.25) is 9.69 Å². The van der Waals surface area contributed by atoms with Gasteiger partial charge < -0.3 is 33.9 Å². The Bertz CT molecular complexity index is 964. The number of hydrogen-bond donors (Lipinski definition) is 1. The number of allylic oxidation sites excluding steroid dienone is 1. The van der Waals surface area contributed by atoms with E-state index < -0.39 is 0 Å². The zero-order valence-electron chi connectivity index (χ0n) is 23.9. The van der Waals surface area contributed by atoms with Crippen molar-refractivity contribution in [2.45, 2.75) is 69.5 Å². The number of nitrogens with zero attached hydrogens (tertiary/aromatic N) is 2. The SMILES string of the molecule is CO[C@H]1C([C@@]2(C)O[C@@H]2CC=C(C)C)[C@]2(CC[C@H]1OC(=O)N1C[C@@H]3C(C(=O)NCCN4CCOCC4)[C@@H]3C1)CO2. The van der Waals surface area contributed by atoms with Crippen molar-refractivity contribution in [1.29, 1.82) is 0 Å². The molecule has 39 heavy (non-hydrogen) atoms. The Morgan fingerprint density at radius 1 is 1.15 bits per heavy atom.